The quantitative estimate of drug-likeness (QED) is 0.736. The summed E-state index contributed by atoms with van der Waals surface area (Å²) in [6.07, 6.45) is 1.76. The molecule has 0 unspecified atom stereocenters. The summed E-state index contributed by atoms with van der Waals surface area (Å²) >= 11 is 0. The van der Waals surface area contributed by atoms with Gasteiger partial charge in [0.05, 0.1) is 10.5 Å². The van der Waals surface area contributed by atoms with Crippen LogP contribution in [0.25, 0.3) is 0 Å². The number of hydrogen-bond donors (Lipinski definition) is 0. The van der Waals surface area contributed by atoms with Crippen LogP contribution in [0, 0.1) is 0 Å². The van der Waals surface area contributed by atoms with Crippen LogP contribution in [-0.2, 0) is 19.6 Å². The van der Waals surface area contributed by atoms with Gasteiger partial charge in [0.25, 0.3) is 5.91 Å². The van der Waals surface area contributed by atoms with Crippen LogP contribution in [0.2, 0.25) is 0 Å². The number of esters is 1. The molecule has 25 heavy (non-hydrogen) atoms. The average molecular weight is 368 g/mol. The van der Waals surface area contributed by atoms with Gasteiger partial charge < -0.3 is 9.64 Å². The molecule has 138 valence electrons. The van der Waals surface area contributed by atoms with Gasteiger partial charge in [-0.05, 0) is 38.0 Å². The van der Waals surface area contributed by atoms with Crippen LogP contribution in [0.1, 0.15) is 36.5 Å². The SMILES string of the molecule is C[C@@H](OC(=O)c1cccc(S(=O)(=O)N2CCCCC2)c1)C(=O)N(C)C. The number of hydrogen-bond acceptors (Lipinski definition) is 5. The van der Waals surface area contributed by atoms with Gasteiger partial charge in [-0.25, -0.2) is 13.2 Å². The number of ether oxygens (including phenoxy) is 1. The average Bonchev–Trinajstić information content (AvgIpc) is 2.61. The number of nitrogens with zero attached hydrogens (tertiary/aromatic N) is 2. The molecule has 7 nitrogen and oxygen atoms in total. The van der Waals surface area contributed by atoms with Gasteiger partial charge in [-0.1, -0.05) is 12.5 Å². The fourth-order valence-corrected chi connectivity index (χ4v) is 4.24. The third-order valence-electron chi connectivity index (χ3n) is 4.09. The Hall–Kier alpha value is -1.93. The summed E-state index contributed by atoms with van der Waals surface area (Å²) in [6.45, 7) is 2.46. The summed E-state index contributed by atoms with van der Waals surface area (Å²) in [5, 5.41) is 0. The fourth-order valence-electron chi connectivity index (χ4n) is 2.68. The van der Waals surface area contributed by atoms with E-state index in [1.165, 1.54) is 40.4 Å². The number of benzene rings is 1. The molecule has 0 aromatic heterocycles. The van der Waals surface area contributed by atoms with Gasteiger partial charge in [-0.3, -0.25) is 4.79 Å². The number of piperidine rings is 1. The molecule has 1 aromatic rings. The summed E-state index contributed by atoms with van der Waals surface area (Å²) < 4.78 is 32.0. The Morgan fingerprint density at radius 1 is 1.16 bits per heavy atom. The highest BCUT2D eigenvalue weighted by molar-refractivity contribution is 7.89. The first-order valence-electron chi connectivity index (χ1n) is 8.26. The van der Waals surface area contributed by atoms with Gasteiger partial charge >= 0.3 is 5.97 Å². The second-order valence-electron chi connectivity index (χ2n) is 6.27. The molecule has 1 saturated heterocycles. The molecule has 1 atom stereocenters. The maximum Gasteiger partial charge on any atom is 0.338 e. The maximum absolute atomic E-state index is 12.7. The van der Waals surface area contributed by atoms with Crippen molar-refractivity contribution in [2.45, 2.75) is 37.2 Å². The molecule has 2 rings (SSSR count). The molecule has 1 aromatic carbocycles. The van der Waals surface area contributed by atoms with Crippen molar-refractivity contribution in [2.75, 3.05) is 27.2 Å². The van der Waals surface area contributed by atoms with Crippen molar-refractivity contribution < 1.29 is 22.7 Å². The number of carbonyl (C=O) groups excluding carboxylic acids is 2. The molecule has 1 aliphatic heterocycles. The summed E-state index contributed by atoms with van der Waals surface area (Å²) in [7, 11) is -0.490. The molecule has 0 aliphatic carbocycles. The van der Waals surface area contributed by atoms with Crippen LogP contribution in [0.3, 0.4) is 0 Å². The monoisotopic (exact) mass is 368 g/mol. The summed E-state index contributed by atoms with van der Waals surface area (Å²) in [5.74, 6) is -1.07. The normalized spacial score (nSPS) is 16.9. The van der Waals surface area contributed by atoms with Crippen molar-refractivity contribution in [3.8, 4) is 0 Å². The lowest BCUT2D eigenvalue weighted by molar-refractivity contribution is -0.137. The third-order valence-corrected chi connectivity index (χ3v) is 5.99. The van der Waals surface area contributed by atoms with Crippen LogP contribution in [0.4, 0.5) is 0 Å². The van der Waals surface area contributed by atoms with Gasteiger partial charge in [0, 0.05) is 27.2 Å². The predicted molar refractivity (Wildman–Crippen MR) is 92.6 cm³/mol. The minimum absolute atomic E-state index is 0.0652. The second-order valence-corrected chi connectivity index (χ2v) is 8.21. The number of amides is 1. The van der Waals surface area contributed by atoms with E-state index in [2.05, 4.69) is 0 Å². The molecule has 1 fully saturated rings. The molecule has 1 amide bonds. The molecule has 0 spiro atoms. The Morgan fingerprint density at radius 2 is 1.80 bits per heavy atom. The minimum Gasteiger partial charge on any atom is -0.449 e. The molecule has 1 aliphatic rings. The molecule has 8 heteroatoms. The van der Waals surface area contributed by atoms with E-state index < -0.39 is 22.1 Å². The van der Waals surface area contributed by atoms with Crippen LogP contribution >= 0.6 is 0 Å². The molecule has 0 bridgehead atoms. The first-order chi connectivity index (χ1) is 11.7. The summed E-state index contributed by atoms with van der Waals surface area (Å²) in [4.78, 5) is 25.4. The van der Waals surface area contributed by atoms with Gasteiger partial charge in [-0.15, -0.1) is 0 Å². The van der Waals surface area contributed by atoms with Crippen molar-refractivity contribution in [1.82, 2.24) is 9.21 Å². The Bertz CT molecular complexity index is 739. The lowest BCUT2D eigenvalue weighted by Crippen LogP contribution is -2.36. The molecular formula is C17H24N2O5S. The Labute approximate surface area is 148 Å². The number of rotatable bonds is 5. The molecule has 0 N–H and O–H groups in total. The van der Waals surface area contributed by atoms with Crippen LogP contribution in [-0.4, -0.2) is 62.8 Å². The van der Waals surface area contributed by atoms with E-state index in [-0.39, 0.29) is 16.4 Å². The van der Waals surface area contributed by atoms with E-state index in [4.69, 9.17) is 4.74 Å². The van der Waals surface area contributed by atoms with Crippen molar-refractivity contribution in [3.63, 3.8) is 0 Å². The van der Waals surface area contributed by atoms with Crippen molar-refractivity contribution in [3.05, 3.63) is 29.8 Å². The maximum atomic E-state index is 12.7. The van der Waals surface area contributed by atoms with Crippen molar-refractivity contribution in [1.29, 1.82) is 0 Å². The van der Waals surface area contributed by atoms with E-state index in [0.717, 1.165) is 19.3 Å². The molecule has 0 saturated carbocycles. The second kappa shape index (κ2) is 7.97. The topological polar surface area (TPSA) is 84.0 Å². The predicted octanol–water partition coefficient (Wildman–Crippen LogP) is 1.49. The van der Waals surface area contributed by atoms with Gasteiger partial charge in [0.2, 0.25) is 10.0 Å². The van der Waals surface area contributed by atoms with Crippen LogP contribution in [0.15, 0.2) is 29.2 Å². The highest BCUT2D eigenvalue weighted by atomic mass is 32.2. The zero-order chi connectivity index (χ0) is 18.6. The lowest BCUT2D eigenvalue weighted by atomic mass is 10.2. The minimum atomic E-state index is -3.63. The van der Waals surface area contributed by atoms with E-state index in [1.54, 1.807) is 14.1 Å². The summed E-state index contributed by atoms with van der Waals surface area (Å²) in [5.41, 5.74) is 0.108. The highest BCUT2D eigenvalue weighted by Crippen LogP contribution is 2.21. The number of carbonyl (C=O) groups is 2. The van der Waals surface area contributed by atoms with Gasteiger partial charge in [-0.2, -0.15) is 4.31 Å². The first kappa shape index (κ1) is 19.4. The van der Waals surface area contributed by atoms with Crippen molar-refractivity contribution in [2.24, 2.45) is 0 Å². The van der Waals surface area contributed by atoms with E-state index in [0.29, 0.717) is 13.1 Å². The lowest BCUT2D eigenvalue weighted by Gasteiger charge is -2.26. The first-order valence-corrected chi connectivity index (χ1v) is 9.70. The largest absolute Gasteiger partial charge is 0.449 e. The zero-order valence-corrected chi connectivity index (χ0v) is 15.6. The number of likely N-dealkylation sites (N-methyl/N-ethyl adjacent to an activating group) is 1. The van der Waals surface area contributed by atoms with E-state index in [1.807, 2.05) is 0 Å². The fraction of sp³-hybridized carbons (Fsp3) is 0.529. The molecular weight excluding hydrogens is 344 g/mol. The Kier molecular flexibility index (Phi) is 6.18. The standard InChI is InChI=1S/C17H24N2O5S/c1-13(16(20)18(2)3)24-17(21)14-8-7-9-15(12-14)25(22,23)19-10-5-4-6-11-19/h7-9,12-13H,4-6,10-11H2,1-3H3/t13-/m1/s1. The van der Waals surface area contributed by atoms with Gasteiger partial charge in [0.1, 0.15) is 0 Å². The Morgan fingerprint density at radius 3 is 2.40 bits per heavy atom. The smallest absolute Gasteiger partial charge is 0.338 e. The van der Waals surface area contributed by atoms with Gasteiger partial charge in [0.15, 0.2) is 6.10 Å². The third kappa shape index (κ3) is 4.58. The van der Waals surface area contributed by atoms with E-state index >= 15 is 0 Å². The molecule has 1 heterocycles. The Balaban J connectivity index is 2.17. The van der Waals surface area contributed by atoms with E-state index in [9.17, 15) is 18.0 Å². The summed E-state index contributed by atoms with van der Waals surface area (Å²) in [6, 6.07) is 5.75. The van der Waals surface area contributed by atoms with Crippen LogP contribution in [0.5, 0.6) is 0 Å². The van der Waals surface area contributed by atoms with Crippen molar-refractivity contribution >= 4 is 21.9 Å². The highest BCUT2D eigenvalue weighted by Gasteiger charge is 2.27. The number of sulfonamides is 1. The molecule has 0 radical (unpaired) electrons. The zero-order valence-electron chi connectivity index (χ0n) is 14.8. The van der Waals surface area contributed by atoms with Crippen LogP contribution < -0.4 is 0 Å².